The zero-order valence-corrected chi connectivity index (χ0v) is 22.2. The van der Waals surface area contributed by atoms with Crippen LogP contribution in [-0.4, -0.2) is 34.7 Å². The highest BCUT2D eigenvalue weighted by molar-refractivity contribution is 7.25. The summed E-state index contributed by atoms with van der Waals surface area (Å²) < 4.78 is 16.6. The molecule has 2 aromatic carbocycles. The van der Waals surface area contributed by atoms with Crippen molar-refractivity contribution in [3.8, 4) is 5.75 Å². The average Bonchev–Trinajstić information content (AvgIpc) is 2.79. The maximum absolute atomic E-state index is 13.0. The van der Waals surface area contributed by atoms with E-state index < -0.39 is 23.3 Å². The molecule has 2 rings (SSSR count). The van der Waals surface area contributed by atoms with Crippen LogP contribution in [-0.2, 0) is 25.9 Å². The quantitative estimate of drug-likeness (QED) is 0.290. The number of hydrogen-bond donors (Lipinski definition) is 3. The monoisotopic (exact) mass is 501 g/mol. The lowest BCUT2D eigenvalue weighted by atomic mass is 9.92. The van der Waals surface area contributed by atoms with Crippen molar-refractivity contribution < 1.29 is 29.1 Å². The Morgan fingerprint density at radius 2 is 1.77 bits per heavy atom. The third kappa shape index (κ3) is 7.61. The van der Waals surface area contributed by atoms with E-state index >= 15 is 0 Å². The molecular formula is C27H36NO6P. The van der Waals surface area contributed by atoms with Crippen LogP contribution in [0.25, 0.3) is 0 Å². The molecule has 0 heterocycles. The fraction of sp³-hybridized carbons (Fsp3) is 0.481. The van der Waals surface area contributed by atoms with Gasteiger partial charge in [-0.25, -0.2) is 4.79 Å². The smallest absolute Gasteiger partial charge is 0.328 e. The molecule has 2 atom stereocenters. The van der Waals surface area contributed by atoms with Gasteiger partial charge in [-0.3, -0.25) is 9.36 Å². The number of phenolic OH excluding ortho intramolecular Hbond substituents is 1. The van der Waals surface area contributed by atoms with Crippen LogP contribution in [0.5, 0.6) is 5.75 Å². The number of phenols is 1. The van der Waals surface area contributed by atoms with Crippen LogP contribution in [0.15, 0.2) is 30.3 Å². The summed E-state index contributed by atoms with van der Waals surface area (Å²) in [6.07, 6.45) is 1.60. The Morgan fingerprint density at radius 1 is 1.14 bits per heavy atom. The van der Waals surface area contributed by atoms with Gasteiger partial charge in [0.2, 0.25) is 0 Å². The molecule has 35 heavy (non-hydrogen) atoms. The number of benzene rings is 2. The van der Waals surface area contributed by atoms with E-state index in [1.807, 2.05) is 34.6 Å². The summed E-state index contributed by atoms with van der Waals surface area (Å²) >= 11 is 0. The van der Waals surface area contributed by atoms with Crippen LogP contribution >= 0.6 is 8.46 Å². The average molecular weight is 502 g/mol. The van der Waals surface area contributed by atoms with Gasteiger partial charge in [-0.15, -0.1) is 0 Å². The lowest BCUT2D eigenvalue weighted by Gasteiger charge is -2.20. The van der Waals surface area contributed by atoms with E-state index in [-0.39, 0.29) is 32.3 Å². The van der Waals surface area contributed by atoms with E-state index in [9.17, 15) is 24.4 Å². The van der Waals surface area contributed by atoms with Gasteiger partial charge >= 0.3 is 5.97 Å². The van der Waals surface area contributed by atoms with Crippen molar-refractivity contribution in [2.45, 2.75) is 72.2 Å². The third-order valence-corrected chi connectivity index (χ3v) is 6.47. The first-order valence-corrected chi connectivity index (χ1v) is 12.7. The third-order valence-electron chi connectivity index (χ3n) is 5.85. The molecule has 0 spiro atoms. The van der Waals surface area contributed by atoms with Gasteiger partial charge in [0.1, 0.15) is 11.8 Å². The van der Waals surface area contributed by atoms with E-state index in [1.165, 1.54) is 13.0 Å². The molecule has 8 heteroatoms. The van der Waals surface area contributed by atoms with E-state index in [0.717, 1.165) is 22.3 Å². The van der Waals surface area contributed by atoms with E-state index in [0.29, 0.717) is 24.8 Å². The number of ether oxygens (including phenoxy) is 1. The van der Waals surface area contributed by atoms with Crippen molar-refractivity contribution in [3.05, 3.63) is 63.7 Å². The van der Waals surface area contributed by atoms with Gasteiger partial charge in [-0.2, -0.15) is 0 Å². The number of carbonyl (C=O) groups excluding carboxylic acids is 2. The SMILES string of the molecule is CCCOC(=O)C(CC(C)C)NC(=O)c1cc(Cc2c(C)cc(C(C)(O)P=O)cc2C)ccc1O. The van der Waals surface area contributed by atoms with E-state index in [4.69, 9.17) is 4.74 Å². The van der Waals surface area contributed by atoms with Gasteiger partial charge in [-0.1, -0.05) is 39.0 Å². The Labute approximate surface area is 209 Å². The summed E-state index contributed by atoms with van der Waals surface area (Å²) in [5.41, 5.74) is 4.28. The molecule has 2 unspecified atom stereocenters. The molecule has 0 saturated heterocycles. The van der Waals surface area contributed by atoms with Gasteiger partial charge in [-0.05, 0) is 85.9 Å². The van der Waals surface area contributed by atoms with E-state index in [1.54, 1.807) is 24.3 Å². The van der Waals surface area contributed by atoms with Crippen LogP contribution < -0.4 is 5.32 Å². The maximum Gasteiger partial charge on any atom is 0.328 e. The van der Waals surface area contributed by atoms with E-state index in [2.05, 4.69) is 5.32 Å². The van der Waals surface area contributed by atoms with Crippen molar-refractivity contribution in [1.82, 2.24) is 5.32 Å². The van der Waals surface area contributed by atoms with Crippen molar-refractivity contribution in [2.24, 2.45) is 5.92 Å². The zero-order chi connectivity index (χ0) is 26.3. The summed E-state index contributed by atoms with van der Waals surface area (Å²) in [6.45, 7) is 11.4. The fourth-order valence-electron chi connectivity index (χ4n) is 3.90. The standard InChI is InChI=1S/C27H36NO6P/c1-7-10-34-26(31)23(11-16(2)3)28-25(30)22-15-19(8-9-24(22)29)14-21-17(4)12-20(13-18(21)5)27(6,32)35-33/h8-9,12-13,15-16,23,29,32H,7,10-11,14H2,1-6H3,(H,28,30). The summed E-state index contributed by atoms with van der Waals surface area (Å²) in [5.74, 6) is -1.04. The first-order valence-electron chi connectivity index (χ1n) is 11.9. The Bertz CT molecular complexity index is 1060. The van der Waals surface area contributed by atoms with Crippen molar-refractivity contribution in [1.29, 1.82) is 0 Å². The predicted octanol–water partition coefficient (Wildman–Crippen LogP) is 5.15. The van der Waals surface area contributed by atoms with Gasteiger partial charge in [0.15, 0.2) is 13.8 Å². The number of hydrogen-bond acceptors (Lipinski definition) is 6. The number of aliphatic hydroxyl groups is 1. The van der Waals surface area contributed by atoms with Crippen LogP contribution in [0.1, 0.15) is 78.7 Å². The molecule has 0 saturated carbocycles. The number of aryl methyl sites for hydroxylation is 2. The second kappa shape index (κ2) is 12.3. The molecule has 1 amide bonds. The second-order valence-corrected chi connectivity index (χ2v) is 10.6. The maximum atomic E-state index is 13.0. The van der Waals surface area contributed by atoms with Crippen molar-refractivity contribution in [3.63, 3.8) is 0 Å². The summed E-state index contributed by atoms with van der Waals surface area (Å²) in [7, 11) is -0.379. The number of aromatic hydroxyl groups is 1. The van der Waals surface area contributed by atoms with Crippen LogP contribution in [0.2, 0.25) is 0 Å². The number of nitrogens with one attached hydrogen (secondary N) is 1. The molecule has 190 valence electrons. The molecule has 7 nitrogen and oxygen atoms in total. The number of esters is 1. The molecule has 0 aliphatic carbocycles. The minimum absolute atomic E-state index is 0.0829. The van der Waals surface area contributed by atoms with Crippen molar-refractivity contribution >= 4 is 20.3 Å². The molecular weight excluding hydrogens is 465 g/mol. The second-order valence-electron chi connectivity index (χ2n) is 9.55. The highest BCUT2D eigenvalue weighted by Gasteiger charge is 2.26. The molecule has 3 N–H and O–H groups in total. The predicted molar refractivity (Wildman–Crippen MR) is 136 cm³/mol. The normalized spacial score (nSPS) is 13.9. The first kappa shape index (κ1) is 28.5. The van der Waals surface area contributed by atoms with Gasteiger partial charge in [0, 0.05) is 0 Å². The number of rotatable bonds is 11. The highest BCUT2D eigenvalue weighted by Crippen LogP contribution is 2.34. The summed E-state index contributed by atoms with van der Waals surface area (Å²) in [5, 5.41) is 22.0. The van der Waals surface area contributed by atoms with Gasteiger partial charge in [0.05, 0.1) is 12.2 Å². The Hall–Kier alpha value is -2.76. The molecule has 0 aromatic heterocycles. The van der Waals surface area contributed by atoms with Crippen LogP contribution in [0.3, 0.4) is 0 Å². The molecule has 0 fully saturated rings. The Morgan fingerprint density at radius 3 is 2.31 bits per heavy atom. The number of amides is 1. The van der Waals surface area contributed by atoms with Gasteiger partial charge < -0.3 is 20.3 Å². The molecule has 0 radical (unpaired) electrons. The largest absolute Gasteiger partial charge is 0.507 e. The Balaban J connectivity index is 2.30. The molecule has 2 aromatic rings. The lowest BCUT2D eigenvalue weighted by molar-refractivity contribution is -0.146. The minimum Gasteiger partial charge on any atom is -0.507 e. The van der Waals surface area contributed by atoms with Crippen LogP contribution in [0, 0.1) is 19.8 Å². The lowest BCUT2D eigenvalue weighted by Crippen LogP contribution is -2.42. The highest BCUT2D eigenvalue weighted by atomic mass is 31.1. The van der Waals surface area contributed by atoms with Crippen LogP contribution in [0.4, 0.5) is 0 Å². The zero-order valence-electron chi connectivity index (χ0n) is 21.3. The van der Waals surface area contributed by atoms with Crippen molar-refractivity contribution in [2.75, 3.05) is 6.61 Å². The topological polar surface area (TPSA) is 113 Å². The summed E-state index contributed by atoms with van der Waals surface area (Å²) in [6, 6.07) is 7.64. The molecule has 0 aliphatic heterocycles. The fourth-order valence-corrected chi connectivity index (χ4v) is 4.14. The minimum atomic E-state index is -1.47. The molecule has 0 aliphatic rings. The molecule has 0 bridgehead atoms. The Kier molecular flexibility index (Phi) is 9.99. The number of carbonyl (C=O) groups is 2. The van der Waals surface area contributed by atoms with Gasteiger partial charge in [0.25, 0.3) is 5.91 Å². The summed E-state index contributed by atoms with van der Waals surface area (Å²) in [4.78, 5) is 25.5. The first-order chi connectivity index (χ1) is 16.4.